The number of para-hydroxylation sites is 4. The number of fused-ring (bicyclic) bond motifs is 7. The molecule has 57 heavy (non-hydrogen) atoms. The summed E-state index contributed by atoms with van der Waals surface area (Å²) in [6.45, 7) is 9.30. The van der Waals surface area contributed by atoms with Gasteiger partial charge in [0.2, 0.25) is 5.71 Å². The number of rotatable bonds is 4. The van der Waals surface area contributed by atoms with Crippen LogP contribution < -0.4 is 9.80 Å². The molecular formula is C53H41N3O. The molecule has 0 amide bonds. The molecule has 9 aromatic rings. The van der Waals surface area contributed by atoms with Gasteiger partial charge in [-0.2, -0.15) is 0 Å². The molecule has 4 heterocycles. The second kappa shape index (κ2) is 12.3. The van der Waals surface area contributed by atoms with Gasteiger partial charge in [0, 0.05) is 44.7 Å². The van der Waals surface area contributed by atoms with E-state index in [0.717, 1.165) is 50.0 Å². The number of hydrogen-bond donors (Lipinski definition) is 0. The molecule has 11 rings (SSSR count). The summed E-state index contributed by atoms with van der Waals surface area (Å²) in [5.41, 5.74) is 18.1. The van der Waals surface area contributed by atoms with Gasteiger partial charge in [0.15, 0.2) is 0 Å². The molecule has 2 aliphatic heterocycles. The van der Waals surface area contributed by atoms with Crippen molar-refractivity contribution in [1.29, 1.82) is 0 Å². The van der Waals surface area contributed by atoms with Crippen LogP contribution in [0.2, 0.25) is 0 Å². The summed E-state index contributed by atoms with van der Waals surface area (Å²) in [7, 11) is 0. The molecule has 2 aliphatic rings. The van der Waals surface area contributed by atoms with Gasteiger partial charge in [0.05, 0.1) is 22.7 Å². The topological polar surface area (TPSA) is 32.5 Å². The molecule has 0 saturated heterocycles. The molecule has 0 fully saturated rings. The van der Waals surface area contributed by atoms with Crippen LogP contribution in [0.5, 0.6) is 0 Å². The predicted molar refractivity (Wildman–Crippen MR) is 236 cm³/mol. The van der Waals surface area contributed by atoms with E-state index >= 15 is 0 Å². The Morgan fingerprint density at radius 1 is 0.404 bits per heavy atom. The van der Waals surface area contributed by atoms with Crippen molar-refractivity contribution >= 4 is 56.2 Å². The number of hydrogen-bond acceptors (Lipinski definition) is 4. The third kappa shape index (κ3) is 5.03. The van der Waals surface area contributed by atoms with Crippen LogP contribution in [0.1, 0.15) is 49.9 Å². The molecule has 0 bridgehead atoms. The molecule has 0 atom stereocenters. The molecule has 0 radical (unpaired) electrons. The Morgan fingerprint density at radius 2 is 0.825 bits per heavy atom. The Balaban J connectivity index is 0.990. The van der Waals surface area contributed by atoms with Crippen LogP contribution in [0.3, 0.4) is 0 Å². The van der Waals surface area contributed by atoms with Crippen LogP contribution in [0.25, 0.3) is 44.3 Å². The second-order valence-corrected chi connectivity index (χ2v) is 16.5. The van der Waals surface area contributed by atoms with Gasteiger partial charge in [-0.15, -0.1) is 0 Å². The first-order chi connectivity index (χ1) is 27.8. The van der Waals surface area contributed by atoms with Crippen LogP contribution in [0, 0.1) is 0 Å². The van der Waals surface area contributed by atoms with Gasteiger partial charge in [-0.05, 0) is 106 Å². The summed E-state index contributed by atoms with van der Waals surface area (Å²) >= 11 is 0. The average Bonchev–Trinajstić information content (AvgIpc) is 3.62. The molecule has 0 N–H and O–H groups in total. The van der Waals surface area contributed by atoms with E-state index in [4.69, 9.17) is 9.40 Å². The molecule has 4 nitrogen and oxygen atoms in total. The van der Waals surface area contributed by atoms with Crippen LogP contribution in [0.15, 0.2) is 180 Å². The van der Waals surface area contributed by atoms with Crippen molar-refractivity contribution in [3.8, 4) is 22.3 Å². The van der Waals surface area contributed by atoms with Crippen molar-refractivity contribution < 1.29 is 4.42 Å². The first kappa shape index (κ1) is 33.4. The average molecular weight is 736 g/mol. The zero-order valence-electron chi connectivity index (χ0n) is 32.5. The Morgan fingerprint density at radius 3 is 1.32 bits per heavy atom. The van der Waals surface area contributed by atoms with Gasteiger partial charge in [0.25, 0.3) is 0 Å². The zero-order chi connectivity index (χ0) is 38.5. The highest BCUT2D eigenvalue weighted by atomic mass is 16.3. The van der Waals surface area contributed by atoms with Crippen LogP contribution in [-0.2, 0) is 10.8 Å². The first-order valence-electron chi connectivity index (χ1n) is 19.8. The van der Waals surface area contributed by atoms with Crippen molar-refractivity contribution in [3.63, 3.8) is 0 Å². The standard InChI is InChI=1S/C53H41N3O/c1-52(2)42-19-5-9-23-46(42)55(47-24-10-6-20-43(47)52)38-17-13-15-34(29-38)36-27-28-50-40(31-36)41-32-37(33-54-51(41)57-50)35-16-14-18-39(30-35)56-48-25-11-7-21-44(48)53(3,4)45-22-8-12-26-49(45)56/h5-33H,1-4H3. The minimum atomic E-state index is -0.111. The number of nitrogens with zero attached hydrogens (tertiary/aromatic N) is 3. The van der Waals surface area contributed by atoms with Gasteiger partial charge >= 0.3 is 0 Å². The number of anilines is 6. The van der Waals surface area contributed by atoms with E-state index in [1.165, 1.54) is 45.0 Å². The fraction of sp³-hybridized carbons (Fsp3) is 0.113. The highest BCUT2D eigenvalue weighted by Crippen LogP contribution is 2.53. The number of furan rings is 1. The predicted octanol–water partition coefficient (Wildman–Crippen LogP) is 14.5. The minimum Gasteiger partial charge on any atom is -0.438 e. The lowest BCUT2D eigenvalue weighted by Crippen LogP contribution is -2.30. The van der Waals surface area contributed by atoms with Gasteiger partial charge in [-0.3, -0.25) is 0 Å². The van der Waals surface area contributed by atoms with Crippen molar-refractivity contribution in [2.75, 3.05) is 9.80 Å². The quantitative estimate of drug-likeness (QED) is 0.180. The van der Waals surface area contributed by atoms with Crippen molar-refractivity contribution in [1.82, 2.24) is 4.98 Å². The Kier molecular flexibility index (Phi) is 7.21. The summed E-state index contributed by atoms with van der Waals surface area (Å²) in [6, 6.07) is 61.6. The number of benzene rings is 7. The van der Waals surface area contributed by atoms with Gasteiger partial charge in [0.1, 0.15) is 5.58 Å². The third-order valence-electron chi connectivity index (χ3n) is 12.5. The molecule has 2 aromatic heterocycles. The van der Waals surface area contributed by atoms with Gasteiger partial charge in [-0.25, -0.2) is 4.98 Å². The number of aromatic nitrogens is 1. The summed E-state index contributed by atoms with van der Waals surface area (Å²) in [5.74, 6) is 0. The molecule has 4 heteroatoms. The molecule has 274 valence electrons. The van der Waals surface area contributed by atoms with Crippen molar-refractivity contribution in [3.05, 3.63) is 198 Å². The Hall–Kier alpha value is -6.91. The lowest BCUT2D eigenvalue weighted by Gasteiger charge is -2.42. The first-order valence-corrected chi connectivity index (χ1v) is 19.8. The van der Waals surface area contributed by atoms with Gasteiger partial charge in [-0.1, -0.05) is 131 Å². The van der Waals surface area contributed by atoms with E-state index in [-0.39, 0.29) is 10.8 Å². The van der Waals surface area contributed by atoms with E-state index < -0.39 is 0 Å². The largest absolute Gasteiger partial charge is 0.438 e. The molecular weight excluding hydrogens is 695 g/mol. The Labute approximate surface area is 333 Å². The van der Waals surface area contributed by atoms with Crippen molar-refractivity contribution in [2.45, 2.75) is 38.5 Å². The minimum absolute atomic E-state index is 0.107. The van der Waals surface area contributed by atoms with E-state index in [9.17, 15) is 0 Å². The summed E-state index contributed by atoms with van der Waals surface area (Å²) < 4.78 is 6.34. The van der Waals surface area contributed by atoms with E-state index in [1.54, 1.807) is 0 Å². The molecule has 0 spiro atoms. The van der Waals surface area contributed by atoms with E-state index in [1.807, 2.05) is 6.20 Å². The highest BCUT2D eigenvalue weighted by molar-refractivity contribution is 6.06. The van der Waals surface area contributed by atoms with Crippen LogP contribution in [0.4, 0.5) is 34.1 Å². The Bertz CT molecular complexity index is 2760. The normalized spacial score (nSPS) is 14.9. The lowest BCUT2D eigenvalue weighted by molar-refractivity contribution is 0.632. The zero-order valence-corrected chi connectivity index (χ0v) is 32.5. The molecule has 7 aromatic carbocycles. The maximum Gasteiger partial charge on any atom is 0.227 e. The maximum atomic E-state index is 6.34. The highest BCUT2D eigenvalue weighted by Gasteiger charge is 2.38. The fourth-order valence-electron chi connectivity index (χ4n) is 9.54. The van der Waals surface area contributed by atoms with Crippen LogP contribution >= 0.6 is 0 Å². The van der Waals surface area contributed by atoms with E-state index in [0.29, 0.717) is 5.71 Å². The third-order valence-corrected chi connectivity index (χ3v) is 12.5. The summed E-state index contributed by atoms with van der Waals surface area (Å²) in [6.07, 6.45) is 1.94. The van der Waals surface area contributed by atoms with Crippen LogP contribution in [-0.4, -0.2) is 4.98 Å². The molecule has 0 unspecified atom stereocenters. The second-order valence-electron chi connectivity index (χ2n) is 16.5. The SMILES string of the molecule is CC1(C)c2ccccc2N(c2cccc(-c3ccc4oc5ncc(-c6cccc(N7c8ccccc8C(C)(C)c8ccccc87)c6)cc5c4c3)c2)c2ccccc21. The molecule has 0 aliphatic carbocycles. The number of pyridine rings is 1. The molecule has 0 saturated carbocycles. The monoisotopic (exact) mass is 735 g/mol. The van der Waals surface area contributed by atoms with Gasteiger partial charge < -0.3 is 14.2 Å². The maximum absolute atomic E-state index is 6.34. The lowest BCUT2D eigenvalue weighted by atomic mass is 9.73. The van der Waals surface area contributed by atoms with Crippen molar-refractivity contribution in [2.24, 2.45) is 0 Å². The smallest absolute Gasteiger partial charge is 0.227 e. The summed E-state index contributed by atoms with van der Waals surface area (Å²) in [4.78, 5) is 9.69. The summed E-state index contributed by atoms with van der Waals surface area (Å²) in [5, 5.41) is 2.05. The van der Waals surface area contributed by atoms with E-state index in [2.05, 4.69) is 207 Å². The fourth-order valence-corrected chi connectivity index (χ4v) is 9.54.